The lowest BCUT2D eigenvalue weighted by atomic mass is 9.73. The summed E-state index contributed by atoms with van der Waals surface area (Å²) in [5.41, 5.74) is -2.33. The Hall–Kier alpha value is -2.74. The zero-order valence-electron chi connectivity index (χ0n) is 13.6. The monoisotopic (exact) mass is 356 g/mol. The topological polar surface area (TPSA) is 135 Å². The molecule has 2 aliphatic carbocycles. The molecule has 0 fully saturated rings. The van der Waals surface area contributed by atoms with Crippen LogP contribution in [0.5, 0.6) is 11.5 Å². The number of aliphatic hydroxyl groups excluding tert-OH is 2. The predicted octanol–water partition coefficient (Wildman–Crippen LogP) is 0.576. The number of phenols is 2. The molecule has 2 atom stereocenters. The fourth-order valence-electron chi connectivity index (χ4n) is 3.90. The van der Waals surface area contributed by atoms with E-state index in [1.165, 1.54) is 12.1 Å². The predicted molar refractivity (Wildman–Crippen MR) is 88.4 cm³/mol. The van der Waals surface area contributed by atoms with Gasteiger partial charge in [0, 0.05) is 35.1 Å². The second kappa shape index (κ2) is 5.38. The number of hydrogen-bond acceptors (Lipinski definition) is 7. The van der Waals surface area contributed by atoms with E-state index in [4.69, 9.17) is 0 Å². The van der Waals surface area contributed by atoms with Gasteiger partial charge in [0.15, 0.2) is 11.6 Å². The number of rotatable bonds is 1. The molecule has 7 heteroatoms. The Kier molecular flexibility index (Phi) is 3.46. The molecule has 0 aliphatic heterocycles. The van der Waals surface area contributed by atoms with Crippen molar-refractivity contribution in [3.8, 4) is 11.5 Å². The third kappa shape index (κ3) is 2.05. The maximum Gasteiger partial charge on any atom is 0.198 e. The molecule has 0 radical (unpaired) electrons. The Labute approximate surface area is 147 Å². The Morgan fingerprint density at radius 3 is 2.08 bits per heavy atom. The molecule has 2 aromatic carbocycles. The van der Waals surface area contributed by atoms with E-state index in [-0.39, 0.29) is 46.2 Å². The normalized spacial score (nSPS) is 24.0. The van der Waals surface area contributed by atoms with Crippen LogP contribution >= 0.6 is 0 Å². The first-order valence-electron chi connectivity index (χ1n) is 8.09. The Bertz CT molecular complexity index is 978. The van der Waals surface area contributed by atoms with Crippen molar-refractivity contribution in [3.63, 3.8) is 0 Å². The minimum absolute atomic E-state index is 0.0444. The number of hydrogen-bond donors (Lipinski definition) is 5. The van der Waals surface area contributed by atoms with Gasteiger partial charge in [-0.25, -0.2) is 0 Å². The van der Waals surface area contributed by atoms with Gasteiger partial charge in [0.25, 0.3) is 0 Å². The minimum Gasteiger partial charge on any atom is -0.507 e. The summed E-state index contributed by atoms with van der Waals surface area (Å²) in [6.07, 6.45) is -1.96. The van der Waals surface area contributed by atoms with Crippen molar-refractivity contribution in [1.82, 2.24) is 0 Å². The molecular weight excluding hydrogens is 340 g/mol. The highest BCUT2D eigenvalue weighted by Crippen LogP contribution is 2.49. The first-order valence-corrected chi connectivity index (χ1v) is 8.09. The number of aliphatic hydroxyl groups is 3. The molecule has 134 valence electrons. The van der Waals surface area contributed by atoms with Gasteiger partial charge in [0.2, 0.25) is 0 Å². The molecule has 1 unspecified atom stereocenters. The van der Waals surface area contributed by atoms with Crippen LogP contribution in [0.2, 0.25) is 0 Å². The first-order chi connectivity index (χ1) is 12.3. The van der Waals surface area contributed by atoms with Gasteiger partial charge in [0.1, 0.15) is 11.5 Å². The number of phenolic OH excluding ortho intramolecular Hbond substituents is 2. The maximum absolute atomic E-state index is 12.8. The Morgan fingerprint density at radius 1 is 1.00 bits per heavy atom. The van der Waals surface area contributed by atoms with Crippen molar-refractivity contribution in [3.05, 3.63) is 57.6 Å². The van der Waals surface area contributed by atoms with Crippen molar-refractivity contribution in [2.45, 2.75) is 24.5 Å². The zero-order chi connectivity index (χ0) is 18.8. The van der Waals surface area contributed by atoms with Crippen LogP contribution in [0.4, 0.5) is 0 Å². The fraction of sp³-hybridized carbons (Fsp3) is 0.263. The second-order valence-corrected chi connectivity index (χ2v) is 6.82. The van der Waals surface area contributed by atoms with Crippen LogP contribution < -0.4 is 0 Å². The number of fused-ring (bicyclic) bond motifs is 3. The molecule has 4 rings (SSSR count). The quantitative estimate of drug-likeness (QED) is 0.402. The van der Waals surface area contributed by atoms with E-state index in [0.29, 0.717) is 0 Å². The number of aromatic hydroxyl groups is 2. The van der Waals surface area contributed by atoms with E-state index >= 15 is 0 Å². The minimum atomic E-state index is -1.70. The molecule has 0 spiro atoms. The molecule has 0 saturated carbocycles. The van der Waals surface area contributed by atoms with E-state index < -0.39 is 41.4 Å². The largest absolute Gasteiger partial charge is 0.507 e. The van der Waals surface area contributed by atoms with Crippen LogP contribution in [0.25, 0.3) is 0 Å². The van der Waals surface area contributed by atoms with Gasteiger partial charge in [-0.2, -0.15) is 0 Å². The highest BCUT2D eigenvalue weighted by molar-refractivity contribution is 6.30. The van der Waals surface area contributed by atoms with Gasteiger partial charge in [-0.05, 0) is 0 Å². The number of carbonyl (C=O) groups excluding carboxylic acids is 2. The third-order valence-electron chi connectivity index (χ3n) is 5.17. The molecule has 7 nitrogen and oxygen atoms in total. The average Bonchev–Trinajstić information content (AvgIpc) is 2.62. The lowest BCUT2D eigenvalue weighted by Crippen LogP contribution is -2.41. The molecule has 0 aromatic heterocycles. The van der Waals surface area contributed by atoms with Gasteiger partial charge in [0.05, 0.1) is 29.4 Å². The smallest absolute Gasteiger partial charge is 0.198 e. The molecule has 0 heterocycles. The summed E-state index contributed by atoms with van der Waals surface area (Å²) in [7, 11) is 0. The summed E-state index contributed by atoms with van der Waals surface area (Å²) in [4.78, 5) is 25.6. The summed E-state index contributed by atoms with van der Waals surface area (Å²) in [5, 5.41) is 51.4. The van der Waals surface area contributed by atoms with Crippen molar-refractivity contribution in [2.24, 2.45) is 0 Å². The molecule has 2 aromatic rings. The molecule has 5 N–H and O–H groups in total. The first kappa shape index (κ1) is 16.7. The van der Waals surface area contributed by atoms with E-state index in [9.17, 15) is 35.1 Å². The molecule has 2 aliphatic rings. The van der Waals surface area contributed by atoms with Gasteiger partial charge in [-0.3, -0.25) is 9.59 Å². The SMILES string of the molecule is O=C1c2ccccc2C(=O)c2c(O)c3c(c(O)c21)CC(O)(CO)C[C@@H]3O. The van der Waals surface area contributed by atoms with Crippen molar-refractivity contribution < 1.29 is 35.1 Å². The molecule has 0 saturated heterocycles. The van der Waals surface area contributed by atoms with Crippen LogP contribution in [0.15, 0.2) is 24.3 Å². The lowest BCUT2D eigenvalue weighted by molar-refractivity contribution is -0.0595. The molecular formula is C19H16O7. The maximum atomic E-state index is 12.8. The highest BCUT2D eigenvalue weighted by Gasteiger charge is 2.44. The van der Waals surface area contributed by atoms with Crippen LogP contribution in [0.1, 0.15) is 55.5 Å². The van der Waals surface area contributed by atoms with E-state index in [2.05, 4.69) is 0 Å². The Balaban J connectivity index is 2.04. The van der Waals surface area contributed by atoms with Gasteiger partial charge in [-0.15, -0.1) is 0 Å². The van der Waals surface area contributed by atoms with Crippen molar-refractivity contribution in [2.75, 3.05) is 6.61 Å². The molecule has 0 amide bonds. The summed E-state index contributed by atoms with van der Waals surface area (Å²) in [6, 6.07) is 6.07. The van der Waals surface area contributed by atoms with Crippen LogP contribution in [-0.4, -0.2) is 49.3 Å². The number of ketones is 2. The third-order valence-corrected chi connectivity index (χ3v) is 5.17. The van der Waals surface area contributed by atoms with Crippen LogP contribution in [-0.2, 0) is 6.42 Å². The van der Waals surface area contributed by atoms with Gasteiger partial charge in [-0.1, -0.05) is 24.3 Å². The lowest BCUT2D eigenvalue weighted by Gasteiger charge is -2.36. The summed E-state index contributed by atoms with van der Waals surface area (Å²) in [5.74, 6) is -2.39. The molecule has 0 bridgehead atoms. The number of benzene rings is 2. The summed E-state index contributed by atoms with van der Waals surface area (Å²) >= 11 is 0. The van der Waals surface area contributed by atoms with Crippen LogP contribution in [0.3, 0.4) is 0 Å². The standard InChI is InChI=1S/C19H16O7/c20-7-19(26)5-10-12(11(21)6-19)18(25)14-13(17(10)24)15(22)8-3-1-2-4-9(8)16(14)23/h1-4,11,20-21,24-26H,5-7H2/t11-,19?/m0/s1. The summed E-state index contributed by atoms with van der Waals surface area (Å²) in [6.45, 7) is -0.670. The average molecular weight is 356 g/mol. The van der Waals surface area contributed by atoms with Crippen molar-refractivity contribution >= 4 is 11.6 Å². The van der Waals surface area contributed by atoms with Gasteiger partial charge >= 0.3 is 0 Å². The van der Waals surface area contributed by atoms with E-state index in [0.717, 1.165) is 0 Å². The van der Waals surface area contributed by atoms with E-state index in [1.54, 1.807) is 12.1 Å². The fourth-order valence-corrected chi connectivity index (χ4v) is 3.90. The van der Waals surface area contributed by atoms with E-state index in [1.807, 2.05) is 0 Å². The van der Waals surface area contributed by atoms with Gasteiger partial charge < -0.3 is 25.5 Å². The highest BCUT2D eigenvalue weighted by atomic mass is 16.3. The number of carbonyl (C=O) groups is 2. The Morgan fingerprint density at radius 2 is 1.54 bits per heavy atom. The summed E-state index contributed by atoms with van der Waals surface area (Å²) < 4.78 is 0. The van der Waals surface area contributed by atoms with Crippen LogP contribution in [0, 0.1) is 0 Å². The molecule has 26 heavy (non-hydrogen) atoms. The van der Waals surface area contributed by atoms with Crippen molar-refractivity contribution in [1.29, 1.82) is 0 Å². The second-order valence-electron chi connectivity index (χ2n) is 6.82. The zero-order valence-corrected chi connectivity index (χ0v) is 13.6.